The first-order chi connectivity index (χ1) is 12.0. The maximum Gasteiger partial charge on any atom is 0.240 e. The predicted molar refractivity (Wildman–Crippen MR) is 109 cm³/mol. The van der Waals surface area contributed by atoms with Crippen LogP contribution in [0.4, 0.5) is 0 Å². The van der Waals surface area contributed by atoms with Crippen LogP contribution in [0.15, 0.2) is 58.3 Å². The molecule has 1 aliphatic heterocycles. The number of rotatable bonds is 3. The largest absolute Gasteiger partial charge is 0.464 e. The zero-order chi connectivity index (χ0) is 17.9. The molecule has 132 valence electrons. The Hall–Kier alpha value is -1.73. The lowest BCUT2D eigenvalue weighted by Gasteiger charge is -2.33. The SMILES string of the molecule is C=CN=C1OC(C)(C)C(c2cc[p+](C3CCCCC3)cc2)=N/C1=C/C. The average molecular weight is 355 g/mol. The van der Waals surface area contributed by atoms with Crippen LogP contribution in [0.1, 0.15) is 64.1 Å². The summed E-state index contributed by atoms with van der Waals surface area (Å²) in [6.07, 6.45) is 10.4. The van der Waals surface area contributed by atoms with E-state index >= 15 is 0 Å². The second-order valence-electron chi connectivity index (χ2n) is 7.19. The van der Waals surface area contributed by atoms with Crippen LogP contribution in [0.3, 0.4) is 0 Å². The maximum absolute atomic E-state index is 6.12. The molecule has 3 nitrogen and oxygen atoms in total. The molecular weight excluding hydrogens is 327 g/mol. The molecule has 0 unspecified atom stereocenters. The molecule has 0 bridgehead atoms. The van der Waals surface area contributed by atoms with Crippen LogP contribution in [-0.2, 0) is 4.74 Å². The minimum absolute atomic E-state index is 0.127. The van der Waals surface area contributed by atoms with Crippen LogP contribution in [0.5, 0.6) is 0 Å². The Bertz CT molecular complexity index is 723. The molecule has 1 aromatic heterocycles. The van der Waals surface area contributed by atoms with Crippen LogP contribution in [0.25, 0.3) is 0 Å². The smallest absolute Gasteiger partial charge is 0.240 e. The summed E-state index contributed by atoms with van der Waals surface area (Å²) in [4.78, 5) is 9.08. The highest BCUT2D eigenvalue weighted by molar-refractivity contribution is 7.48. The number of ether oxygens (including phenoxy) is 1. The number of aliphatic imine (C=N–C) groups is 2. The number of hydrogen-bond acceptors (Lipinski definition) is 3. The Kier molecular flexibility index (Phi) is 5.54. The van der Waals surface area contributed by atoms with Gasteiger partial charge in [0, 0.05) is 11.8 Å². The predicted octanol–water partition coefficient (Wildman–Crippen LogP) is 6.50. The van der Waals surface area contributed by atoms with Crippen LogP contribution in [0, 0.1) is 0 Å². The minimum atomic E-state index is -0.511. The van der Waals surface area contributed by atoms with Gasteiger partial charge in [0.2, 0.25) is 5.90 Å². The van der Waals surface area contributed by atoms with Crippen molar-refractivity contribution in [2.75, 3.05) is 0 Å². The average Bonchev–Trinajstić information content (AvgIpc) is 2.62. The fraction of sp³-hybridized carbons (Fsp3) is 0.476. The van der Waals surface area contributed by atoms with Gasteiger partial charge in [-0.15, -0.1) is 0 Å². The Balaban J connectivity index is 1.91. The fourth-order valence-electron chi connectivity index (χ4n) is 3.64. The van der Waals surface area contributed by atoms with Gasteiger partial charge in [-0.25, -0.2) is 9.98 Å². The Morgan fingerprint density at radius 2 is 1.92 bits per heavy atom. The van der Waals surface area contributed by atoms with Gasteiger partial charge in [-0.1, -0.05) is 19.1 Å². The summed E-state index contributed by atoms with van der Waals surface area (Å²) in [5.41, 5.74) is 3.24. The number of nitrogens with zero attached hydrogens (tertiary/aromatic N) is 2. The number of allylic oxidation sites excluding steroid dienone is 1. The van der Waals surface area contributed by atoms with Crippen molar-refractivity contribution >= 4 is 19.1 Å². The van der Waals surface area contributed by atoms with Gasteiger partial charge in [-0.2, -0.15) is 0 Å². The van der Waals surface area contributed by atoms with E-state index in [4.69, 9.17) is 9.73 Å². The van der Waals surface area contributed by atoms with E-state index in [1.165, 1.54) is 38.3 Å². The summed E-state index contributed by atoms with van der Waals surface area (Å²) in [5, 5.41) is 0. The third kappa shape index (κ3) is 3.93. The molecule has 1 saturated carbocycles. The molecule has 1 aliphatic carbocycles. The third-order valence-corrected chi connectivity index (χ3v) is 7.32. The van der Waals surface area contributed by atoms with Crippen LogP contribution in [0.2, 0.25) is 0 Å². The van der Waals surface area contributed by atoms with Gasteiger partial charge < -0.3 is 4.74 Å². The monoisotopic (exact) mass is 355 g/mol. The standard InChI is InChI=1S/C21H28N2OP/c1-5-18-20(22-6-2)24-21(3,4)19(23-18)16-12-14-25(15-13-16)17-10-8-7-9-11-17/h5-6,12-15,17H,2,7-11H2,1,3-4H3/q+1/b18-5+,22-20?. The van der Waals surface area contributed by atoms with E-state index in [0.29, 0.717) is 5.90 Å². The normalized spacial score (nSPS) is 24.0. The molecule has 0 spiro atoms. The summed E-state index contributed by atoms with van der Waals surface area (Å²) < 4.78 is 6.12. The van der Waals surface area contributed by atoms with Crippen molar-refractivity contribution in [1.82, 2.24) is 0 Å². The third-order valence-electron chi connectivity index (χ3n) is 4.98. The Morgan fingerprint density at radius 3 is 2.52 bits per heavy atom. The summed E-state index contributed by atoms with van der Waals surface area (Å²) in [5.74, 6) is 5.38. The zero-order valence-electron chi connectivity index (χ0n) is 15.5. The van der Waals surface area contributed by atoms with Crippen molar-refractivity contribution in [3.05, 3.63) is 53.8 Å². The fourth-order valence-corrected chi connectivity index (χ4v) is 5.85. The molecule has 2 heterocycles. The molecule has 0 aromatic carbocycles. The lowest BCUT2D eigenvalue weighted by molar-refractivity contribution is 0.164. The van der Waals surface area contributed by atoms with E-state index in [1.54, 1.807) is 0 Å². The minimum Gasteiger partial charge on any atom is -0.464 e. The Morgan fingerprint density at radius 1 is 1.24 bits per heavy atom. The molecule has 0 atom stereocenters. The summed E-state index contributed by atoms with van der Waals surface area (Å²) in [6.45, 7) is 9.71. The summed E-state index contributed by atoms with van der Waals surface area (Å²) in [7, 11) is -0.127. The molecule has 25 heavy (non-hydrogen) atoms. The summed E-state index contributed by atoms with van der Waals surface area (Å²) in [6, 6.07) is 4.51. The molecule has 0 amide bonds. The topological polar surface area (TPSA) is 34.0 Å². The quantitative estimate of drug-likeness (QED) is 0.609. The zero-order valence-corrected chi connectivity index (χ0v) is 16.4. The van der Waals surface area contributed by atoms with Gasteiger partial charge in [-0.3, -0.25) is 0 Å². The highest BCUT2D eigenvalue weighted by Crippen LogP contribution is 2.47. The molecule has 4 heteroatoms. The second kappa shape index (κ2) is 7.66. The second-order valence-corrected chi connectivity index (χ2v) is 9.41. The van der Waals surface area contributed by atoms with Crippen LogP contribution in [-0.4, -0.2) is 17.2 Å². The van der Waals surface area contributed by atoms with E-state index < -0.39 is 5.60 Å². The van der Waals surface area contributed by atoms with Crippen LogP contribution >= 0.6 is 7.53 Å². The molecule has 2 aliphatic rings. The van der Waals surface area contributed by atoms with E-state index in [9.17, 15) is 0 Å². The molecule has 1 fully saturated rings. The van der Waals surface area contributed by atoms with Crippen molar-refractivity contribution < 1.29 is 4.74 Å². The highest BCUT2D eigenvalue weighted by atomic mass is 31.1. The summed E-state index contributed by atoms with van der Waals surface area (Å²) >= 11 is 0. The van der Waals surface area contributed by atoms with E-state index in [1.807, 2.05) is 26.8 Å². The molecule has 3 rings (SSSR count). The first-order valence-corrected chi connectivity index (χ1v) is 10.7. The van der Waals surface area contributed by atoms with Crippen molar-refractivity contribution in [2.24, 2.45) is 9.98 Å². The van der Waals surface area contributed by atoms with Gasteiger partial charge in [0.05, 0.1) is 5.71 Å². The first kappa shape index (κ1) is 18.1. The number of hydrogen-bond donors (Lipinski definition) is 0. The van der Waals surface area contributed by atoms with Gasteiger partial charge in [0.25, 0.3) is 0 Å². The van der Waals surface area contributed by atoms with E-state index in [-0.39, 0.29) is 7.53 Å². The molecular formula is C21H28N2OP+. The maximum atomic E-state index is 6.12. The molecule has 0 saturated heterocycles. The van der Waals surface area contributed by atoms with Gasteiger partial charge in [0.15, 0.2) is 0 Å². The van der Waals surface area contributed by atoms with E-state index in [0.717, 1.165) is 22.6 Å². The van der Waals surface area contributed by atoms with Gasteiger partial charge in [0.1, 0.15) is 36.1 Å². The van der Waals surface area contributed by atoms with Crippen molar-refractivity contribution in [1.29, 1.82) is 0 Å². The Labute approximate surface area is 152 Å². The lowest BCUT2D eigenvalue weighted by Crippen LogP contribution is -2.41. The lowest BCUT2D eigenvalue weighted by atomic mass is 9.95. The van der Waals surface area contributed by atoms with Crippen molar-refractivity contribution in [3.8, 4) is 0 Å². The van der Waals surface area contributed by atoms with Gasteiger partial charge in [-0.05, 0) is 58.6 Å². The highest BCUT2D eigenvalue weighted by Gasteiger charge is 2.36. The van der Waals surface area contributed by atoms with Gasteiger partial charge >= 0.3 is 0 Å². The van der Waals surface area contributed by atoms with Crippen molar-refractivity contribution in [2.45, 2.75) is 64.1 Å². The van der Waals surface area contributed by atoms with E-state index in [2.05, 4.69) is 35.3 Å². The van der Waals surface area contributed by atoms with Crippen molar-refractivity contribution in [3.63, 3.8) is 0 Å². The molecule has 0 radical (unpaired) electrons. The van der Waals surface area contributed by atoms with Crippen LogP contribution < -0.4 is 0 Å². The molecule has 0 N–H and O–H groups in total. The first-order valence-electron chi connectivity index (χ1n) is 9.20. The molecule has 1 aromatic rings.